The van der Waals surface area contributed by atoms with Gasteiger partial charge in [-0.3, -0.25) is 0 Å². The van der Waals surface area contributed by atoms with Crippen molar-refractivity contribution in [2.75, 3.05) is 39.8 Å². The first kappa shape index (κ1) is 12.3. The van der Waals surface area contributed by atoms with E-state index in [-0.39, 0.29) is 0 Å². The van der Waals surface area contributed by atoms with E-state index in [1.165, 1.54) is 38.9 Å². The lowest BCUT2D eigenvalue weighted by molar-refractivity contribution is -0.00377. The van der Waals surface area contributed by atoms with Gasteiger partial charge in [-0.1, -0.05) is 6.92 Å². The predicted molar refractivity (Wildman–Crippen MR) is 66.6 cm³/mol. The summed E-state index contributed by atoms with van der Waals surface area (Å²) in [5, 5.41) is 3.47. The molecule has 0 aromatic heterocycles. The highest BCUT2D eigenvalue weighted by atomic mass is 16.5. The van der Waals surface area contributed by atoms with Crippen LogP contribution in [0.25, 0.3) is 0 Å². The smallest absolute Gasteiger partial charge is 0.0701 e. The topological polar surface area (TPSA) is 24.5 Å². The Hall–Kier alpha value is -0.120. The monoisotopic (exact) mass is 226 g/mol. The van der Waals surface area contributed by atoms with Crippen molar-refractivity contribution >= 4 is 0 Å². The molecule has 0 bridgehead atoms. The molecule has 0 saturated carbocycles. The summed E-state index contributed by atoms with van der Waals surface area (Å²) in [4.78, 5) is 2.46. The molecule has 2 rings (SSSR count). The Kier molecular flexibility index (Phi) is 4.62. The molecule has 2 aliphatic heterocycles. The third-order valence-corrected chi connectivity index (χ3v) is 4.01. The Labute approximate surface area is 99.5 Å². The SMILES string of the molecule is C[C@@H]1CNC[C@H]1CN(C)CC1CCCCO1. The van der Waals surface area contributed by atoms with E-state index >= 15 is 0 Å². The molecule has 3 atom stereocenters. The second kappa shape index (κ2) is 5.99. The Morgan fingerprint density at radius 1 is 1.25 bits per heavy atom. The van der Waals surface area contributed by atoms with Crippen LogP contribution >= 0.6 is 0 Å². The van der Waals surface area contributed by atoms with Crippen molar-refractivity contribution in [1.82, 2.24) is 10.2 Å². The molecule has 0 aromatic carbocycles. The molecular weight excluding hydrogens is 200 g/mol. The van der Waals surface area contributed by atoms with Gasteiger partial charge in [-0.25, -0.2) is 0 Å². The molecule has 2 fully saturated rings. The van der Waals surface area contributed by atoms with Gasteiger partial charge in [0.15, 0.2) is 0 Å². The summed E-state index contributed by atoms with van der Waals surface area (Å²) in [6.07, 6.45) is 4.34. The molecule has 0 spiro atoms. The summed E-state index contributed by atoms with van der Waals surface area (Å²) in [7, 11) is 2.24. The molecule has 1 N–H and O–H groups in total. The fraction of sp³-hybridized carbons (Fsp3) is 1.00. The van der Waals surface area contributed by atoms with Gasteiger partial charge in [0.2, 0.25) is 0 Å². The highest BCUT2D eigenvalue weighted by Gasteiger charge is 2.25. The lowest BCUT2D eigenvalue weighted by Crippen LogP contribution is -2.37. The first-order valence-corrected chi connectivity index (χ1v) is 6.76. The molecule has 0 aromatic rings. The van der Waals surface area contributed by atoms with Crippen LogP contribution in [0.15, 0.2) is 0 Å². The van der Waals surface area contributed by atoms with Crippen molar-refractivity contribution < 1.29 is 4.74 Å². The van der Waals surface area contributed by atoms with Gasteiger partial charge in [0.1, 0.15) is 0 Å². The Balaban J connectivity index is 1.68. The van der Waals surface area contributed by atoms with Crippen molar-refractivity contribution in [3.05, 3.63) is 0 Å². The van der Waals surface area contributed by atoms with Gasteiger partial charge in [-0.2, -0.15) is 0 Å². The summed E-state index contributed by atoms with van der Waals surface area (Å²) in [6.45, 7) is 8.04. The number of ether oxygens (including phenoxy) is 1. The van der Waals surface area contributed by atoms with E-state index in [0.717, 1.165) is 25.0 Å². The maximum atomic E-state index is 5.78. The lowest BCUT2D eigenvalue weighted by atomic mass is 9.97. The number of hydrogen-bond acceptors (Lipinski definition) is 3. The quantitative estimate of drug-likeness (QED) is 0.783. The zero-order valence-corrected chi connectivity index (χ0v) is 10.7. The normalized spacial score (nSPS) is 35.8. The lowest BCUT2D eigenvalue weighted by Gasteiger charge is -2.29. The number of nitrogens with one attached hydrogen (secondary N) is 1. The Morgan fingerprint density at radius 3 is 2.75 bits per heavy atom. The third-order valence-electron chi connectivity index (χ3n) is 4.01. The Morgan fingerprint density at radius 2 is 2.12 bits per heavy atom. The zero-order valence-electron chi connectivity index (χ0n) is 10.7. The van der Waals surface area contributed by atoms with Crippen LogP contribution in [0, 0.1) is 11.8 Å². The molecule has 2 saturated heterocycles. The number of hydrogen-bond donors (Lipinski definition) is 1. The maximum Gasteiger partial charge on any atom is 0.0701 e. The van der Waals surface area contributed by atoms with Crippen LogP contribution < -0.4 is 5.32 Å². The molecule has 2 aliphatic rings. The first-order valence-electron chi connectivity index (χ1n) is 6.76. The second-order valence-electron chi connectivity index (χ2n) is 5.61. The van der Waals surface area contributed by atoms with E-state index in [1.807, 2.05) is 0 Å². The van der Waals surface area contributed by atoms with Crippen molar-refractivity contribution in [2.45, 2.75) is 32.3 Å². The van der Waals surface area contributed by atoms with Crippen LogP contribution in [0.5, 0.6) is 0 Å². The van der Waals surface area contributed by atoms with Crippen molar-refractivity contribution in [3.8, 4) is 0 Å². The van der Waals surface area contributed by atoms with Gasteiger partial charge in [-0.15, -0.1) is 0 Å². The number of rotatable bonds is 4. The number of likely N-dealkylation sites (N-methyl/N-ethyl adjacent to an activating group) is 1. The van der Waals surface area contributed by atoms with Crippen molar-refractivity contribution in [1.29, 1.82) is 0 Å². The minimum atomic E-state index is 0.489. The van der Waals surface area contributed by atoms with Crippen LogP contribution in [0.2, 0.25) is 0 Å². The molecular formula is C13H26N2O. The van der Waals surface area contributed by atoms with Gasteiger partial charge in [-0.05, 0) is 51.2 Å². The van der Waals surface area contributed by atoms with Gasteiger partial charge in [0.05, 0.1) is 6.10 Å². The molecule has 1 unspecified atom stereocenters. The molecule has 94 valence electrons. The summed E-state index contributed by atoms with van der Waals surface area (Å²) in [6, 6.07) is 0. The highest BCUT2D eigenvalue weighted by molar-refractivity contribution is 4.80. The van der Waals surface area contributed by atoms with E-state index in [9.17, 15) is 0 Å². The maximum absolute atomic E-state index is 5.78. The van der Waals surface area contributed by atoms with E-state index in [0.29, 0.717) is 6.10 Å². The second-order valence-corrected chi connectivity index (χ2v) is 5.61. The third kappa shape index (κ3) is 3.44. The van der Waals surface area contributed by atoms with Crippen molar-refractivity contribution in [3.63, 3.8) is 0 Å². The van der Waals surface area contributed by atoms with Gasteiger partial charge < -0.3 is 15.0 Å². The molecule has 0 radical (unpaired) electrons. The van der Waals surface area contributed by atoms with Crippen LogP contribution in [-0.2, 0) is 4.74 Å². The van der Waals surface area contributed by atoms with Crippen LogP contribution in [0.4, 0.5) is 0 Å². The van der Waals surface area contributed by atoms with E-state index in [2.05, 4.69) is 24.2 Å². The molecule has 16 heavy (non-hydrogen) atoms. The Bertz CT molecular complexity index is 204. The fourth-order valence-electron chi connectivity index (χ4n) is 2.88. The average molecular weight is 226 g/mol. The van der Waals surface area contributed by atoms with E-state index in [4.69, 9.17) is 4.74 Å². The standard InChI is InChI=1S/C13H26N2O/c1-11-7-14-8-12(11)9-15(2)10-13-5-3-4-6-16-13/h11-14H,3-10H2,1-2H3/t11-,12+,13?/m1/s1. The van der Waals surface area contributed by atoms with Gasteiger partial charge in [0.25, 0.3) is 0 Å². The van der Waals surface area contributed by atoms with Crippen molar-refractivity contribution in [2.24, 2.45) is 11.8 Å². The predicted octanol–water partition coefficient (Wildman–Crippen LogP) is 1.34. The minimum Gasteiger partial charge on any atom is -0.377 e. The van der Waals surface area contributed by atoms with Crippen LogP contribution in [-0.4, -0.2) is 50.8 Å². The van der Waals surface area contributed by atoms with E-state index < -0.39 is 0 Å². The summed E-state index contributed by atoms with van der Waals surface area (Å²) < 4.78 is 5.78. The molecule has 3 nitrogen and oxygen atoms in total. The molecule has 2 heterocycles. The number of nitrogens with zero attached hydrogens (tertiary/aromatic N) is 1. The zero-order chi connectivity index (χ0) is 11.4. The molecule has 0 amide bonds. The van der Waals surface area contributed by atoms with Gasteiger partial charge >= 0.3 is 0 Å². The van der Waals surface area contributed by atoms with Gasteiger partial charge in [0, 0.05) is 19.7 Å². The average Bonchev–Trinajstić information content (AvgIpc) is 2.66. The highest BCUT2D eigenvalue weighted by Crippen LogP contribution is 2.18. The summed E-state index contributed by atoms with van der Waals surface area (Å²) in [5.74, 6) is 1.66. The molecule has 3 heteroatoms. The van der Waals surface area contributed by atoms with E-state index in [1.54, 1.807) is 0 Å². The largest absolute Gasteiger partial charge is 0.377 e. The minimum absolute atomic E-state index is 0.489. The molecule has 0 aliphatic carbocycles. The fourth-order valence-corrected chi connectivity index (χ4v) is 2.88. The first-order chi connectivity index (χ1) is 7.75. The summed E-state index contributed by atoms with van der Waals surface area (Å²) in [5.41, 5.74) is 0. The van der Waals surface area contributed by atoms with Crippen LogP contribution in [0.3, 0.4) is 0 Å². The summed E-state index contributed by atoms with van der Waals surface area (Å²) >= 11 is 0. The van der Waals surface area contributed by atoms with Crippen LogP contribution in [0.1, 0.15) is 26.2 Å².